The van der Waals surface area contributed by atoms with Gasteiger partial charge in [-0.1, -0.05) is 59.3 Å². The van der Waals surface area contributed by atoms with Crippen LogP contribution in [0.2, 0.25) is 0 Å². The molecule has 1 aliphatic rings. The lowest BCUT2D eigenvalue weighted by Crippen LogP contribution is -2.47. The fourth-order valence-electron chi connectivity index (χ4n) is 3.20. The zero-order valence-corrected chi connectivity index (χ0v) is 15.8. The minimum atomic E-state index is -0.548. The zero-order valence-electron chi connectivity index (χ0n) is 14.2. The molecule has 1 atom stereocenters. The molecule has 1 unspecified atom stereocenters. The first kappa shape index (κ1) is 17.7. The Hall–Kier alpha value is -2.14. The predicted molar refractivity (Wildman–Crippen MR) is 101 cm³/mol. The fraction of sp³-hybridized carbons (Fsp3) is 0.300. The molecule has 1 N–H and O–H groups in total. The van der Waals surface area contributed by atoms with Crippen LogP contribution in [0.15, 0.2) is 53.0 Å². The van der Waals surface area contributed by atoms with E-state index >= 15 is 0 Å². The van der Waals surface area contributed by atoms with E-state index in [0.717, 1.165) is 27.6 Å². The highest BCUT2D eigenvalue weighted by atomic mass is 79.9. The van der Waals surface area contributed by atoms with Gasteiger partial charge in [-0.25, -0.2) is 0 Å². The van der Waals surface area contributed by atoms with Gasteiger partial charge in [-0.15, -0.1) is 0 Å². The fourth-order valence-corrected chi connectivity index (χ4v) is 3.47. The Kier molecular flexibility index (Phi) is 5.53. The molecule has 0 radical (unpaired) electrons. The third kappa shape index (κ3) is 3.93. The summed E-state index contributed by atoms with van der Waals surface area (Å²) in [5.74, 6) is -0.110. The molecule has 0 aliphatic carbocycles. The SMILES string of the molecule is CCCN1C(=O)Cc2ccccc2C1C(=O)NCc1ccc(Br)cc1. The summed E-state index contributed by atoms with van der Waals surface area (Å²) in [5.41, 5.74) is 2.90. The van der Waals surface area contributed by atoms with Crippen LogP contribution in [0.3, 0.4) is 0 Å². The summed E-state index contributed by atoms with van der Waals surface area (Å²) in [7, 11) is 0. The number of benzene rings is 2. The number of nitrogens with one attached hydrogen (secondary N) is 1. The average Bonchev–Trinajstić information content (AvgIpc) is 2.62. The van der Waals surface area contributed by atoms with Gasteiger partial charge >= 0.3 is 0 Å². The van der Waals surface area contributed by atoms with E-state index in [1.807, 2.05) is 55.5 Å². The summed E-state index contributed by atoms with van der Waals surface area (Å²) in [6.45, 7) is 3.05. The quantitative estimate of drug-likeness (QED) is 0.833. The van der Waals surface area contributed by atoms with Gasteiger partial charge in [-0.2, -0.15) is 0 Å². The highest BCUT2D eigenvalue weighted by Gasteiger charge is 2.36. The maximum absolute atomic E-state index is 12.9. The molecule has 0 bridgehead atoms. The molecule has 2 aromatic rings. The Bertz CT molecular complexity index is 774. The third-order valence-electron chi connectivity index (χ3n) is 4.42. The maximum atomic E-state index is 12.9. The first-order valence-corrected chi connectivity index (χ1v) is 9.29. The number of hydrogen-bond donors (Lipinski definition) is 1. The van der Waals surface area contributed by atoms with Gasteiger partial charge in [0.15, 0.2) is 0 Å². The minimum absolute atomic E-state index is 0.0179. The first-order valence-electron chi connectivity index (χ1n) is 8.49. The number of amides is 2. The highest BCUT2D eigenvalue weighted by molar-refractivity contribution is 9.10. The normalized spacial score (nSPS) is 16.5. The molecule has 4 nitrogen and oxygen atoms in total. The van der Waals surface area contributed by atoms with Crippen LogP contribution < -0.4 is 5.32 Å². The standard InChI is InChI=1S/C20H21BrN2O2/c1-2-11-23-18(24)12-15-5-3-4-6-17(15)19(23)20(25)22-13-14-7-9-16(21)10-8-14/h3-10,19H,2,11-13H2,1H3,(H,22,25). The molecule has 2 amide bonds. The van der Waals surface area contributed by atoms with Gasteiger partial charge in [0.2, 0.25) is 11.8 Å². The van der Waals surface area contributed by atoms with E-state index in [1.165, 1.54) is 0 Å². The molecule has 0 saturated heterocycles. The minimum Gasteiger partial charge on any atom is -0.350 e. The van der Waals surface area contributed by atoms with Gasteiger partial charge < -0.3 is 10.2 Å². The van der Waals surface area contributed by atoms with E-state index in [2.05, 4.69) is 21.2 Å². The third-order valence-corrected chi connectivity index (χ3v) is 4.94. The van der Waals surface area contributed by atoms with E-state index in [0.29, 0.717) is 19.5 Å². The molecular weight excluding hydrogens is 380 g/mol. The molecule has 25 heavy (non-hydrogen) atoms. The van der Waals surface area contributed by atoms with E-state index in [1.54, 1.807) is 4.90 Å². The molecule has 3 rings (SSSR count). The Morgan fingerprint density at radius 1 is 1.20 bits per heavy atom. The molecule has 1 aliphatic heterocycles. The molecule has 0 saturated carbocycles. The van der Waals surface area contributed by atoms with Gasteiger partial charge in [-0.3, -0.25) is 9.59 Å². The Morgan fingerprint density at radius 3 is 2.64 bits per heavy atom. The maximum Gasteiger partial charge on any atom is 0.247 e. The van der Waals surface area contributed by atoms with Crippen molar-refractivity contribution in [3.8, 4) is 0 Å². The van der Waals surface area contributed by atoms with Gasteiger partial charge in [0.05, 0.1) is 6.42 Å². The van der Waals surface area contributed by atoms with Gasteiger partial charge in [0.1, 0.15) is 6.04 Å². The second-order valence-corrected chi connectivity index (χ2v) is 7.13. The predicted octanol–water partition coefficient (Wildman–Crippen LogP) is 3.60. The second kappa shape index (κ2) is 7.83. The largest absolute Gasteiger partial charge is 0.350 e. The zero-order chi connectivity index (χ0) is 17.8. The summed E-state index contributed by atoms with van der Waals surface area (Å²) >= 11 is 3.41. The van der Waals surface area contributed by atoms with Crippen LogP contribution in [-0.2, 0) is 22.6 Å². The first-order chi connectivity index (χ1) is 12.1. The van der Waals surface area contributed by atoms with Crippen LogP contribution in [0.5, 0.6) is 0 Å². The molecule has 2 aromatic carbocycles. The van der Waals surface area contributed by atoms with Crippen molar-refractivity contribution in [3.05, 3.63) is 69.7 Å². The number of nitrogens with zero attached hydrogens (tertiary/aromatic N) is 1. The summed E-state index contributed by atoms with van der Waals surface area (Å²) in [6, 6.07) is 15.0. The molecule has 1 heterocycles. The van der Waals surface area contributed by atoms with Crippen LogP contribution >= 0.6 is 15.9 Å². The van der Waals surface area contributed by atoms with Crippen LogP contribution in [0.1, 0.15) is 36.1 Å². The van der Waals surface area contributed by atoms with Crippen molar-refractivity contribution in [3.63, 3.8) is 0 Å². The number of hydrogen-bond acceptors (Lipinski definition) is 2. The number of carbonyl (C=O) groups excluding carboxylic acids is 2. The lowest BCUT2D eigenvalue weighted by Gasteiger charge is -2.36. The molecule has 130 valence electrons. The van der Waals surface area contributed by atoms with Crippen molar-refractivity contribution in [1.29, 1.82) is 0 Å². The lowest BCUT2D eigenvalue weighted by atomic mass is 9.91. The molecule has 0 spiro atoms. The van der Waals surface area contributed by atoms with Crippen molar-refractivity contribution in [2.75, 3.05) is 6.54 Å². The van der Waals surface area contributed by atoms with Gasteiger partial charge in [0, 0.05) is 17.6 Å². The highest BCUT2D eigenvalue weighted by Crippen LogP contribution is 2.30. The number of carbonyl (C=O) groups is 2. The smallest absolute Gasteiger partial charge is 0.247 e. The second-order valence-electron chi connectivity index (χ2n) is 6.21. The van der Waals surface area contributed by atoms with Crippen molar-refractivity contribution < 1.29 is 9.59 Å². The number of fused-ring (bicyclic) bond motifs is 1. The topological polar surface area (TPSA) is 49.4 Å². The molecule has 0 aromatic heterocycles. The summed E-state index contributed by atoms with van der Waals surface area (Å²) in [6.07, 6.45) is 1.19. The van der Waals surface area contributed by atoms with Crippen molar-refractivity contribution in [1.82, 2.24) is 10.2 Å². The summed E-state index contributed by atoms with van der Waals surface area (Å²) < 4.78 is 1.00. The molecular formula is C20H21BrN2O2. The van der Waals surface area contributed by atoms with Crippen LogP contribution in [-0.4, -0.2) is 23.3 Å². The van der Waals surface area contributed by atoms with E-state index < -0.39 is 6.04 Å². The Labute approximate surface area is 156 Å². The molecule has 5 heteroatoms. The monoisotopic (exact) mass is 400 g/mol. The average molecular weight is 401 g/mol. The van der Waals surface area contributed by atoms with Gasteiger partial charge in [-0.05, 0) is 35.2 Å². The van der Waals surface area contributed by atoms with E-state index in [-0.39, 0.29) is 11.8 Å². The Balaban J connectivity index is 1.82. The molecule has 0 fully saturated rings. The summed E-state index contributed by atoms with van der Waals surface area (Å²) in [4.78, 5) is 27.1. The lowest BCUT2D eigenvalue weighted by molar-refractivity contribution is -0.141. The van der Waals surface area contributed by atoms with Gasteiger partial charge in [0.25, 0.3) is 0 Å². The van der Waals surface area contributed by atoms with Crippen LogP contribution in [0.25, 0.3) is 0 Å². The van der Waals surface area contributed by atoms with E-state index in [4.69, 9.17) is 0 Å². The number of halogens is 1. The Morgan fingerprint density at radius 2 is 1.92 bits per heavy atom. The van der Waals surface area contributed by atoms with Crippen LogP contribution in [0, 0.1) is 0 Å². The van der Waals surface area contributed by atoms with Crippen molar-refractivity contribution in [2.45, 2.75) is 32.4 Å². The van der Waals surface area contributed by atoms with E-state index in [9.17, 15) is 9.59 Å². The van der Waals surface area contributed by atoms with Crippen molar-refractivity contribution >= 4 is 27.7 Å². The van der Waals surface area contributed by atoms with Crippen molar-refractivity contribution in [2.24, 2.45) is 0 Å². The van der Waals surface area contributed by atoms with Crippen LogP contribution in [0.4, 0.5) is 0 Å². The summed E-state index contributed by atoms with van der Waals surface area (Å²) in [5, 5.41) is 2.99. The number of rotatable bonds is 5.